The molecular formula is C14H12BrF3N2. The molecule has 2 rings (SSSR count). The van der Waals surface area contributed by atoms with Crippen LogP contribution in [0.4, 0.5) is 13.2 Å². The molecule has 0 fully saturated rings. The van der Waals surface area contributed by atoms with Gasteiger partial charge in [-0.15, -0.1) is 0 Å². The Labute approximate surface area is 122 Å². The summed E-state index contributed by atoms with van der Waals surface area (Å²) in [6.07, 6.45) is 0.0994. The van der Waals surface area contributed by atoms with Crippen LogP contribution in [0, 0.1) is 17.5 Å². The van der Waals surface area contributed by atoms with Crippen molar-refractivity contribution >= 4 is 15.9 Å². The third-order valence-corrected chi connectivity index (χ3v) is 3.48. The largest absolute Gasteiger partial charge is 0.271 e. The first kappa shape index (κ1) is 15.0. The highest BCUT2D eigenvalue weighted by molar-refractivity contribution is 9.10. The Hall–Kier alpha value is -1.37. The Bertz CT molecular complexity index is 619. The predicted octanol–water partition coefficient (Wildman–Crippen LogP) is 3.61. The molecule has 0 bridgehead atoms. The van der Waals surface area contributed by atoms with E-state index in [1.807, 2.05) is 0 Å². The van der Waals surface area contributed by atoms with Gasteiger partial charge in [0.2, 0.25) is 0 Å². The first-order valence-electron chi connectivity index (χ1n) is 5.87. The van der Waals surface area contributed by atoms with E-state index in [9.17, 15) is 13.2 Å². The van der Waals surface area contributed by atoms with Crippen LogP contribution < -0.4 is 11.3 Å². The number of hydrogen-bond acceptors (Lipinski definition) is 2. The van der Waals surface area contributed by atoms with Gasteiger partial charge in [0, 0.05) is 10.0 Å². The lowest BCUT2D eigenvalue weighted by molar-refractivity contribution is 0.460. The second-order valence-electron chi connectivity index (χ2n) is 4.30. The minimum absolute atomic E-state index is 0.0619. The molecule has 1 atom stereocenters. The number of nitrogens with two attached hydrogens (primary N) is 1. The Morgan fingerprint density at radius 3 is 2.55 bits per heavy atom. The van der Waals surface area contributed by atoms with E-state index < -0.39 is 23.5 Å². The molecule has 2 nitrogen and oxygen atoms in total. The Balaban J connectivity index is 2.34. The quantitative estimate of drug-likeness (QED) is 0.656. The molecule has 0 aromatic heterocycles. The van der Waals surface area contributed by atoms with E-state index in [1.54, 1.807) is 12.1 Å². The first-order valence-corrected chi connectivity index (χ1v) is 6.66. The standard InChI is InChI=1S/C14H12BrF3N2/c15-9-4-5-11(16)8(6-9)7-13(20-19)10-2-1-3-12(17)14(10)18/h1-6,13,20H,7,19H2. The van der Waals surface area contributed by atoms with Gasteiger partial charge in [0.1, 0.15) is 5.82 Å². The molecule has 0 aliphatic rings. The molecule has 20 heavy (non-hydrogen) atoms. The molecule has 3 N–H and O–H groups in total. The second kappa shape index (κ2) is 6.39. The van der Waals surface area contributed by atoms with Gasteiger partial charge in [-0.25, -0.2) is 13.2 Å². The van der Waals surface area contributed by atoms with E-state index in [4.69, 9.17) is 5.84 Å². The topological polar surface area (TPSA) is 38.0 Å². The van der Waals surface area contributed by atoms with Crippen LogP contribution in [0.15, 0.2) is 40.9 Å². The van der Waals surface area contributed by atoms with Crippen molar-refractivity contribution in [2.75, 3.05) is 0 Å². The van der Waals surface area contributed by atoms with Crippen LogP contribution in [-0.4, -0.2) is 0 Å². The van der Waals surface area contributed by atoms with E-state index in [2.05, 4.69) is 21.4 Å². The number of hydrogen-bond donors (Lipinski definition) is 2. The summed E-state index contributed by atoms with van der Waals surface area (Å²) in [5, 5.41) is 0. The van der Waals surface area contributed by atoms with Gasteiger partial charge in [0.15, 0.2) is 11.6 Å². The molecule has 1 unspecified atom stereocenters. The molecule has 6 heteroatoms. The number of benzene rings is 2. The van der Waals surface area contributed by atoms with Crippen LogP contribution in [0.2, 0.25) is 0 Å². The lowest BCUT2D eigenvalue weighted by Crippen LogP contribution is -2.30. The highest BCUT2D eigenvalue weighted by Gasteiger charge is 2.19. The summed E-state index contributed by atoms with van der Waals surface area (Å²) in [5.41, 5.74) is 2.81. The van der Waals surface area contributed by atoms with Crippen molar-refractivity contribution in [1.82, 2.24) is 5.43 Å². The minimum atomic E-state index is -0.981. The average Bonchev–Trinajstić information content (AvgIpc) is 2.43. The molecule has 2 aromatic rings. The van der Waals surface area contributed by atoms with E-state index in [0.717, 1.165) is 6.07 Å². The summed E-state index contributed by atoms with van der Waals surface area (Å²) >= 11 is 3.24. The van der Waals surface area contributed by atoms with Crippen LogP contribution in [-0.2, 0) is 6.42 Å². The number of hydrazine groups is 1. The van der Waals surface area contributed by atoms with E-state index in [1.165, 1.54) is 18.2 Å². The molecule has 0 spiro atoms. The highest BCUT2D eigenvalue weighted by Crippen LogP contribution is 2.25. The fourth-order valence-electron chi connectivity index (χ4n) is 1.97. The number of rotatable bonds is 4. The van der Waals surface area contributed by atoms with Crippen LogP contribution in [0.1, 0.15) is 17.2 Å². The predicted molar refractivity (Wildman–Crippen MR) is 74.2 cm³/mol. The van der Waals surface area contributed by atoms with Crippen LogP contribution >= 0.6 is 15.9 Å². The van der Waals surface area contributed by atoms with Crippen LogP contribution in [0.5, 0.6) is 0 Å². The van der Waals surface area contributed by atoms with Crippen molar-refractivity contribution in [1.29, 1.82) is 0 Å². The van der Waals surface area contributed by atoms with Crippen LogP contribution in [0.25, 0.3) is 0 Å². The van der Waals surface area contributed by atoms with Crippen molar-refractivity contribution in [3.63, 3.8) is 0 Å². The fraction of sp³-hybridized carbons (Fsp3) is 0.143. The molecule has 0 aliphatic heterocycles. The third kappa shape index (κ3) is 3.20. The van der Waals surface area contributed by atoms with E-state index in [-0.39, 0.29) is 12.0 Å². The normalized spacial score (nSPS) is 12.4. The van der Waals surface area contributed by atoms with Gasteiger partial charge in [0.25, 0.3) is 0 Å². The van der Waals surface area contributed by atoms with Gasteiger partial charge < -0.3 is 0 Å². The molecular weight excluding hydrogens is 333 g/mol. The molecule has 0 saturated carbocycles. The summed E-state index contributed by atoms with van der Waals surface area (Å²) in [6, 6.07) is 7.54. The summed E-state index contributed by atoms with van der Waals surface area (Å²) < 4.78 is 41.4. The molecule has 106 valence electrons. The van der Waals surface area contributed by atoms with Crippen molar-refractivity contribution < 1.29 is 13.2 Å². The molecule has 0 saturated heterocycles. The van der Waals surface area contributed by atoms with Crippen molar-refractivity contribution in [2.45, 2.75) is 12.5 Å². The molecule has 0 amide bonds. The molecule has 2 aromatic carbocycles. The van der Waals surface area contributed by atoms with Gasteiger partial charge in [-0.05, 0) is 36.2 Å². The maximum atomic E-state index is 13.7. The minimum Gasteiger partial charge on any atom is -0.271 e. The van der Waals surface area contributed by atoms with Gasteiger partial charge in [-0.1, -0.05) is 28.1 Å². The zero-order valence-corrected chi connectivity index (χ0v) is 11.9. The lowest BCUT2D eigenvalue weighted by Gasteiger charge is -2.18. The average molecular weight is 345 g/mol. The Morgan fingerprint density at radius 1 is 1.10 bits per heavy atom. The molecule has 0 heterocycles. The van der Waals surface area contributed by atoms with Gasteiger partial charge >= 0.3 is 0 Å². The smallest absolute Gasteiger partial charge is 0.163 e. The SMILES string of the molecule is NNC(Cc1cc(Br)ccc1F)c1cccc(F)c1F. The van der Waals surface area contributed by atoms with E-state index in [0.29, 0.717) is 10.0 Å². The summed E-state index contributed by atoms with van der Waals surface area (Å²) in [4.78, 5) is 0. The summed E-state index contributed by atoms with van der Waals surface area (Å²) in [5.74, 6) is 3.02. The fourth-order valence-corrected chi connectivity index (χ4v) is 2.38. The third-order valence-electron chi connectivity index (χ3n) is 2.99. The second-order valence-corrected chi connectivity index (χ2v) is 5.22. The zero-order chi connectivity index (χ0) is 14.7. The maximum absolute atomic E-state index is 13.7. The van der Waals surface area contributed by atoms with Crippen molar-refractivity contribution in [3.8, 4) is 0 Å². The maximum Gasteiger partial charge on any atom is 0.163 e. The van der Waals surface area contributed by atoms with Gasteiger partial charge in [0.05, 0.1) is 6.04 Å². The van der Waals surface area contributed by atoms with Crippen molar-refractivity contribution in [3.05, 3.63) is 69.4 Å². The van der Waals surface area contributed by atoms with Crippen molar-refractivity contribution in [2.24, 2.45) is 5.84 Å². The van der Waals surface area contributed by atoms with Gasteiger partial charge in [-0.3, -0.25) is 11.3 Å². The summed E-state index contributed by atoms with van der Waals surface area (Å²) in [7, 11) is 0. The zero-order valence-electron chi connectivity index (χ0n) is 10.3. The number of nitrogens with one attached hydrogen (secondary N) is 1. The Kier molecular flexibility index (Phi) is 4.80. The van der Waals surface area contributed by atoms with Crippen LogP contribution in [0.3, 0.4) is 0 Å². The monoisotopic (exact) mass is 344 g/mol. The molecule has 0 aliphatic carbocycles. The Morgan fingerprint density at radius 2 is 1.85 bits per heavy atom. The highest BCUT2D eigenvalue weighted by atomic mass is 79.9. The number of halogens is 4. The summed E-state index contributed by atoms with van der Waals surface area (Å²) in [6.45, 7) is 0. The van der Waals surface area contributed by atoms with Gasteiger partial charge in [-0.2, -0.15) is 0 Å². The lowest BCUT2D eigenvalue weighted by atomic mass is 9.98. The molecule has 0 radical (unpaired) electrons. The first-order chi connectivity index (χ1) is 9.52. The van der Waals surface area contributed by atoms with E-state index >= 15 is 0 Å².